The fraction of sp³-hybridized carbons (Fsp3) is 0.333. The topological polar surface area (TPSA) is 12.5 Å². The molecule has 1 aromatic rings. The molecule has 2 heteroatoms. The molecular weight excluding hydrogens is 160 g/mol. The first kappa shape index (κ1) is 6.04. The molecule has 1 aromatic carbocycles. The second kappa shape index (κ2) is 1.79. The fourth-order valence-electron chi connectivity index (χ4n) is 1.82. The predicted molar refractivity (Wildman–Crippen MR) is 42.8 cm³/mol. The van der Waals surface area contributed by atoms with Gasteiger partial charge in [0.15, 0.2) is 0 Å². The van der Waals surface area contributed by atoms with Crippen molar-refractivity contribution in [2.75, 3.05) is 0 Å². The van der Waals surface area contributed by atoms with Crippen LogP contribution in [0, 0.1) is 0 Å². The SMILES string of the molecule is Clc1ccc2c(c1)C[C@@H]1O[C@H]21. The fourth-order valence-corrected chi connectivity index (χ4v) is 2.01. The molecule has 2 aliphatic rings. The lowest BCUT2D eigenvalue weighted by atomic mass is 10.1. The number of fused-ring (bicyclic) bond motifs is 3. The zero-order valence-electron chi connectivity index (χ0n) is 5.88. The molecule has 1 aliphatic heterocycles. The zero-order chi connectivity index (χ0) is 7.42. The van der Waals surface area contributed by atoms with Crippen molar-refractivity contribution >= 4 is 11.6 Å². The van der Waals surface area contributed by atoms with Crippen LogP contribution in [0.2, 0.25) is 5.02 Å². The summed E-state index contributed by atoms with van der Waals surface area (Å²) in [5.74, 6) is 0. The molecule has 1 saturated heterocycles. The number of hydrogen-bond acceptors (Lipinski definition) is 1. The monoisotopic (exact) mass is 166 g/mol. The van der Waals surface area contributed by atoms with E-state index in [-0.39, 0.29) is 0 Å². The van der Waals surface area contributed by atoms with E-state index in [4.69, 9.17) is 16.3 Å². The van der Waals surface area contributed by atoms with Crippen LogP contribution in [0.5, 0.6) is 0 Å². The molecule has 0 saturated carbocycles. The zero-order valence-corrected chi connectivity index (χ0v) is 6.64. The summed E-state index contributed by atoms with van der Waals surface area (Å²) in [6, 6.07) is 6.06. The van der Waals surface area contributed by atoms with E-state index < -0.39 is 0 Å². The maximum absolute atomic E-state index is 5.85. The first-order valence-corrected chi connectivity index (χ1v) is 4.16. The molecule has 1 nitrogen and oxygen atoms in total. The minimum Gasteiger partial charge on any atom is -0.364 e. The lowest BCUT2D eigenvalue weighted by molar-refractivity contribution is 0.361. The molecule has 0 aromatic heterocycles. The van der Waals surface area contributed by atoms with Crippen LogP contribution < -0.4 is 0 Å². The van der Waals surface area contributed by atoms with Gasteiger partial charge in [0.2, 0.25) is 0 Å². The third-order valence-corrected chi connectivity index (χ3v) is 2.65. The van der Waals surface area contributed by atoms with Crippen molar-refractivity contribution in [3.8, 4) is 0 Å². The van der Waals surface area contributed by atoms with E-state index in [2.05, 4.69) is 6.07 Å². The molecular formula is C9H7ClO. The molecule has 0 N–H and O–H groups in total. The third-order valence-electron chi connectivity index (χ3n) is 2.42. The number of ether oxygens (including phenoxy) is 1. The van der Waals surface area contributed by atoms with Gasteiger partial charge < -0.3 is 4.74 Å². The standard InChI is InChI=1S/C9H7ClO/c10-6-1-2-7-5(3-6)4-8-9(7)11-8/h1-3,8-9H,4H2/t8-,9+/m0/s1. The lowest BCUT2D eigenvalue weighted by Gasteiger charge is -2.00. The Balaban J connectivity index is 2.18. The van der Waals surface area contributed by atoms with Crippen LogP contribution in [0.25, 0.3) is 0 Å². The molecule has 0 spiro atoms. The first-order chi connectivity index (χ1) is 5.34. The molecule has 2 atom stereocenters. The van der Waals surface area contributed by atoms with Crippen molar-refractivity contribution in [2.24, 2.45) is 0 Å². The van der Waals surface area contributed by atoms with Crippen LogP contribution in [0.3, 0.4) is 0 Å². The molecule has 0 bridgehead atoms. The highest BCUT2D eigenvalue weighted by Gasteiger charge is 2.46. The van der Waals surface area contributed by atoms with Gasteiger partial charge >= 0.3 is 0 Å². The summed E-state index contributed by atoms with van der Waals surface area (Å²) < 4.78 is 5.38. The van der Waals surface area contributed by atoms with E-state index >= 15 is 0 Å². The summed E-state index contributed by atoms with van der Waals surface area (Å²) in [4.78, 5) is 0. The van der Waals surface area contributed by atoms with Crippen molar-refractivity contribution < 1.29 is 4.74 Å². The summed E-state index contributed by atoms with van der Waals surface area (Å²) in [5.41, 5.74) is 2.72. The van der Waals surface area contributed by atoms with Gasteiger partial charge in [0, 0.05) is 11.4 Å². The number of epoxide rings is 1. The predicted octanol–water partition coefficient (Wildman–Crippen LogP) is 2.34. The Kier molecular flexibility index (Phi) is 0.984. The van der Waals surface area contributed by atoms with Gasteiger partial charge in [0.05, 0.1) is 6.10 Å². The minimum atomic E-state index is 0.405. The first-order valence-electron chi connectivity index (χ1n) is 3.78. The van der Waals surface area contributed by atoms with Crippen LogP contribution in [0.15, 0.2) is 18.2 Å². The molecule has 1 heterocycles. The van der Waals surface area contributed by atoms with Crippen molar-refractivity contribution in [3.05, 3.63) is 34.3 Å². The molecule has 1 fully saturated rings. The maximum atomic E-state index is 5.85. The quantitative estimate of drug-likeness (QED) is 0.539. The Morgan fingerprint density at radius 3 is 3.27 bits per heavy atom. The second-order valence-electron chi connectivity index (χ2n) is 3.14. The third kappa shape index (κ3) is 0.754. The second-order valence-corrected chi connectivity index (χ2v) is 3.58. The van der Waals surface area contributed by atoms with Gasteiger partial charge in [0.1, 0.15) is 6.10 Å². The van der Waals surface area contributed by atoms with Gasteiger partial charge in [-0.2, -0.15) is 0 Å². The molecule has 56 valence electrons. The number of hydrogen-bond donors (Lipinski definition) is 0. The largest absolute Gasteiger partial charge is 0.364 e. The van der Waals surface area contributed by atoms with Crippen molar-refractivity contribution in [1.29, 1.82) is 0 Å². The summed E-state index contributed by atoms with van der Waals surface area (Å²) in [6.07, 6.45) is 1.94. The molecule has 1 aliphatic carbocycles. The van der Waals surface area contributed by atoms with E-state index in [0.717, 1.165) is 11.4 Å². The molecule has 3 rings (SSSR count). The van der Waals surface area contributed by atoms with Gasteiger partial charge in [-0.15, -0.1) is 0 Å². The Bertz CT molecular complexity index is 321. The number of halogens is 1. The molecule has 0 radical (unpaired) electrons. The average molecular weight is 167 g/mol. The van der Waals surface area contributed by atoms with E-state index in [0.29, 0.717) is 12.2 Å². The summed E-state index contributed by atoms with van der Waals surface area (Å²) in [5, 5.41) is 0.838. The normalized spacial score (nSPS) is 31.4. The highest BCUT2D eigenvalue weighted by atomic mass is 35.5. The van der Waals surface area contributed by atoms with Crippen molar-refractivity contribution in [1.82, 2.24) is 0 Å². The molecule has 0 amide bonds. The minimum absolute atomic E-state index is 0.405. The van der Waals surface area contributed by atoms with Gasteiger partial charge in [-0.05, 0) is 23.3 Å². The van der Waals surface area contributed by atoms with E-state index in [1.807, 2.05) is 12.1 Å². The Morgan fingerprint density at radius 2 is 2.36 bits per heavy atom. The van der Waals surface area contributed by atoms with Gasteiger partial charge in [0.25, 0.3) is 0 Å². The summed E-state index contributed by atoms with van der Waals surface area (Å²) in [6.45, 7) is 0. The smallest absolute Gasteiger partial charge is 0.110 e. The maximum Gasteiger partial charge on any atom is 0.110 e. The van der Waals surface area contributed by atoms with Crippen molar-refractivity contribution in [3.63, 3.8) is 0 Å². The van der Waals surface area contributed by atoms with Crippen molar-refractivity contribution in [2.45, 2.75) is 18.6 Å². The number of benzene rings is 1. The molecule has 0 unspecified atom stereocenters. The summed E-state index contributed by atoms with van der Waals surface area (Å²) >= 11 is 5.85. The van der Waals surface area contributed by atoms with Gasteiger partial charge in [-0.25, -0.2) is 0 Å². The Hall–Kier alpha value is -0.530. The van der Waals surface area contributed by atoms with E-state index in [9.17, 15) is 0 Å². The van der Waals surface area contributed by atoms with Crippen LogP contribution >= 0.6 is 11.6 Å². The van der Waals surface area contributed by atoms with Crippen LogP contribution in [-0.4, -0.2) is 6.10 Å². The van der Waals surface area contributed by atoms with Gasteiger partial charge in [-0.3, -0.25) is 0 Å². The Morgan fingerprint density at radius 1 is 1.45 bits per heavy atom. The number of rotatable bonds is 0. The highest BCUT2D eigenvalue weighted by Crippen LogP contribution is 2.48. The van der Waals surface area contributed by atoms with Crippen LogP contribution in [-0.2, 0) is 11.2 Å². The lowest BCUT2D eigenvalue weighted by Crippen LogP contribution is -1.87. The average Bonchev–Trinajstić information content (AvgIpc) is 2.63. The Labute approximate surface area is 69.9 Å². The summed E-state index contributed by atoms with van der Waals surface area (Å²) in [7, 11) is 0. The van der Waals surface area contributed by atoms with Crippen LogP contribution in [0.4, 0.5) is 0 Å². The van der Waals surface area contributed by atoms with Crippen LogP contribution in [0.1, 0.15) is 17.2 Å². The molecule has 11 heavy (non-hydrogen) atoms. The van der Waals surface area contributed by atoms with E-state index in [1.54, 1.807) is 0 Å². The highest BCUT2D eigenvalue weighted by molar-refractivity contribution is 6.30. The van der Waals surface area contributed by atoms with E-state index in [1.165, 1.54) is 11.1 Å². The van der Waals surface area contributed by atoms with Gasteiger partial charge in [-0.1, -0.05) is 17.7 Å².